The first-order chi connectivity index (χ1) is 15.6. The molecule has 0 aromatic carbocycles. The van der Waals surface area contributed by atoms with Crippen LogP contribution in [-0.2, 0) is 5.41 Å². The summed E-state index contributed by atoms with van der Waals surface area (Å²) < 4.78 is 1.93. The summed E-state index contributed by atoms with van der Waals surface area (Å²) in [7, 11) is 0. The molecule has 1 unspecified atom stereocenters. The molecule has 1 N–H and O–H groups in total. The summed E-state index contributed by atoms with van der Waals surface area (Å²) in [5.74, 6) is 2.17. The average Bonchev–Trinajstić information content (AvgIpc) is 3.15. The number of pyridine rings is 1. The van der Waals surface area contributed by atoms with Crippen molar-refractivity contribution in [3.05, 3.63) is 48.4 Å². The summed E-state index contributed by atoms with van der Waals surface area (Å²) in [5.41, 5.74) is 5.63. The SMILES string of the molecule is CC1=Nc2ncc(-c3ccn4nc(NC5CCC5)ncc34)cc2C1(C)C1CCC=CCC1. The van der Waals surface area contributed by atoms with E-state index in [2.05, 4.69) is 53.5 Å². The third kappa shape index (κ3) is 3.07. The van der Waals surface area contributed by atoms with Crippen molar-refractivity contribution in [1.82, 2.24) is 19.6 Å². The van der Waals surface area contributed by atoms with Crippen LogP contribution in [0.4, 0.5) is 11.8 Å². The second-order valence-corrected chi connectivity index (χ2v) is 9.73. The summed E-state index contributed by atoms with van der Waals surface area (Å²) in [6.07, 6.45) is 19.0. The van der Waals surface area contributed by atoms with E-state index in [0.29, 0.717) is 17.9 Å². The maximum Gasteiger partial charge on any atom is 0.241 e. The standard InChI is InChI=1S/C26H30N6/c1-17-26(2,19-8-5-3-4-6-9-19)22-14-18(15-27-24(22)29-17)21-12-13-32-23(21)16-28-25(31-32)30-20-10-7-11-20/h3-4,12-16,19-20H,5-11H2,1-2H3,(H,30,31). The number of fused-ring (bicyclic) bond motifs is 2. The quantitative estimate of drug-likeness (QED) is 0.530. The van der Waals surface area contributed by atoms with Crippen molar-refractivity contribution < 1.29 is 0 Å². The van der Waals surface area contributed by atoms with Crippen LogP contribution in [0.3, 0.4) is 0 Å². The second kappa shape index (κ2) is 7.54. The van der Waals surface area contributed by atoms with Crippen molar-refractivity contribution in [1.29, 1.82) is 0 Å². The lowest BCUT2D eigenvalue weighted by atomic mass is 9.67. The number of aromatic nitrogens is 4. The predicted octanol–water partition coefficient (Wildman–Crippen LogP) is 5.87. The Bertz CT molecular complexity index is 1220. The highest BCUT2D eigenvalue weighted by molar-refractivity contribution is 6.00. The molecule has 6 heteroatoms. The zero-order chi connectivity index (χ0) is 21.7. The molecular formula is C26H30N6. The largest absolute Gasteiger partial charge is 0.350 e. The van der Waals surface area contributed by atoms with Crippen LogP contribution in [-0.4, -0.2) is 31.3 Å². The highest BCUT2D eigenvalue weighted by atomic mass is 15.3. The van der Waals surface area contributed by atoms with Gasteiger partial charge in [0.1, 0.15) is 0 Å². The summed E-state index contributed by atoms with van der Waals surface area (Å²) in [6.45, 7) is 4.55. The summed E-state index contributed by atoms with van der Waals surface area (Å²) >= 11 is 0. The van der Waals surface area contributed by atoms with Gasteiger partial charge in [0.15, 0.2) is 5.82 Å². The molecule has 6 nitrogen and oxygen atoms in total. The van der Waals surface area contributed by atoms with E-state index in [1.807, 2.05) is 23.1 Å². The molecule has 1 atom stereocenters. The smallest absolute Gasteiger partial charge is 0.241 e. The first kappa shape index (κ1) is 19.6. The Morgan fingerprint density at radius 3 is 2.62 bits per heavy atom. The Balaban J connectivity index is 1.36. The number of hydrogen-bond donors (Lipinski definition) is 1. The van der Waals surface area contributed by atoms with Crippen molar-refractivity contribution >= 4 is 23.0 Å². The molecule has 3 aliphatic rings. The molecule has 164 valence electrons. The molecule has 0 spiro atoms. The van der Waals surface area contributed by atoms with E-state index < -0.39 is 0 Å². The van der Waals surface area contributed by atoms with Crippen molar-refractivity contribution in [3.63, 3.8) is 0 Å². The van der Waals surface area contributed by atoms with Gasteiger partial charge < -0.3 is 5.32 Å². The predicted molar refractivity (Wildman–Crippen MR) is 129 cm³/mol. The minimum atomic E-state index is -0.0593. The Labute approximate surface area is 188 Å². The molecule has 3 aromatic rings. The van der Waals surface area contributed by atoms with Gasteiger partial charge in [-0.2, -0.15) is 0 Å². The third-order valence-electron chi connectivity index (χ3n) is 7.96. The molecular weight excluding hydrogens is 396 g/mol. The fraction of sp³-hybridized carbons (Fsp3) is 0.462. The lowest BCUT2D eigenvalue weighted by molar-refractivity contribution is 0.346. The zero-order valence-corrected chi connectivity index (χ0v) is 18.9. The number of nitrogens with zero attached hydrogens (tertiary/aromatic N) is 5. The van der Waals surface area contributed by atoms with Crippen LogP contribution in [0.25, 0.3) is 16.6 Å². The van der Waals surface area contributed by atoms with Crippen LogP contribution in [0.2, 0.25) is 0 Å². The highest BCUT2D eigenvalue weighted by Crippen LogP contribution is 2.48. The van der Waals surface area contributed by atoms with Gasteiger partial charge in [0.05, 0.1) is 11.7 Å². The second-order valence-electron chi connectivity index (χ2n) is 9.73. The molecule has 2 aliphatic carbocycles. The van der Waals surface area contributed by atoms with Gasteiger partial charge in [-0.1, -0.05) is 12.2 Å². The van der Waals surface area contributed by atoms with Crippen molar-refractivity contribution in [2.75, 3.05) is 5.32 Å². The molecule has 3 aromatic heterocycles. The number of rotatable bonds is 4. The lowest BCUT2D eigenvalue weighted by Crippen LogP contribution is -2.36. The van der Waals surface area contributed by atoms with Crippen molar-refractivity contribution in [2.24, 2.45) is 10.9 Å². The van der Waals surface area contributed by atoms with E-state index in [-0.39, 0.29) is 5.41 Å². The van der Waals surface area contributed by atoms with Gasteiger partial charge in [-0.3, -0.25) is 0 Å². The highest BCUT2D eigenvalue weighted by Gasteiger charge is 2.44. The zero-order valence-electron chi connectivity index (χ0n) is 18.9. The number of hydrogen-bond acceptors (Lipinski definition) is 5. The van der Waals surface area contributed by atoms with Crippen LogP contribution in [0.5, 0.6) is 0 Å². The molecule has 1 fully saturated rings. The van der Waals surface area contributed by atoms with Gasteiger partial charge in [-0.15, -0.1) is 5.10 Å². The van der Waals surface area contributed by atoms with Crippen LogP contribution in [0.1, 0.15) is 64.4 Å². The van der Waals surface area contributed by atoms with Crippen LogP contribution < -0.4 is 5.32 Å². The summed E-state index contributed by atoms with van der Waals surface area (Å²) in [6, 6.07) is 4.95. The fourth-order valence-corrected chi connectivity index (χ4v) is 5.56. The Morgan fingerprint density at radius 1 is 1.06 bits per heavy atom. The van der Waals surface area contributed by atoms with Crippen LogP contribution in [0.15, 0.2) is 47.9 Å². The Hall–Kier alpha value is -3.02. The maximum absolute atomic E-state index is 4.90. The Morgan fingerprint density at radius 2 is 1.88 bits per heavy atom. The first-order valence-corrected chi connectivity index (χ1v) is 12.0. The lowest BCUT2D eigenvalue weighted by Gasteiger charge is -2.35. The van der Waals surface area contributed by atoms with E-state index in [0.717, 1.165) is 35.3 Å². The van der Waals surface area contributed by atoms with Crippen molar-refractivity contribution in [3.8, 4) is 11.1 Å². The first-order valence-electron chi connectivity index (χ1n) is 12.0. The van der Waals surface area contributed by atoms with Gasteiger partial charge in [0.2, 0.25) is 5.95 Å². The molecule has 32 heavy (non-hydrogen) atoms. The van der Waals surface area contributed by atoms with E-state index >= 15 is 0 Å². The molecule has 0 radical (unpaired) electrons. The summed E-state index contributed by atoms with van der Waals surface area (Å²) in [5, 5.41) is 8.12. The third-order valence-corrected chi connectivity index (χ3v) is 7.96. The molecule has 0 amide bonds. The van der Waals surface area contributed by atoms with Crippen LogP contribution >= 0.6 is 0 Å². The average molecular weight is 427 g/mol. The van der Waals surface area contributed by atoms with E-state index in [9.17, 15) is 0 Å². The molecule has 1 saturated carbocycles. The number of anilines is 1. The maximum atomic E-state index is 4.90. The topological polar surface area (TPSA) is 67.5 Å². The van der Waals surface area contributed by atoms with Crippen LogP contribution in [0, 0.1) is 5.92 Å². The fourth-order valence-electron chi connectivity index (χ4n) is 5.56. The minimum absolute atomic E-state index is 0.0593. The number of aliphatic imine (C=N–C) groups is 1. The molecule has 6 rings (SSSR count). The minimum Gasteiger partial charge on any atom is -0.350 e. The monoisotopic (exact) mass is 426 g/mol. The van der Waals surface area contributed by atoms with Crippen molar-refractivity contribution in [2.45, 2.75) is 70.3 Å². The molecule has 4 heterocycles. The number of nitrogens with one attached hydrogen (secondary N) is 1. The van der Waals surface area contributed by atoms with Gasteiger partial charge in [-0.25, -0.2) is 19.5 Å². The summed E-state index contributed by atoms with van der Waals surface area (Å²) in [4.78, 5) is 14.3. The van der Waals surface area contributed by atoms with E-state index in [1.165, 1.54) is 43.4 Å². The van der Waals surface area contributed by atoms with E-state index in [4.69, 9.17) is 9.98 Å². The van der Waals surface area contributed by atoms with Gasteiger partial charge in [0.25, 0.3) is 0 Å². The van der Waals surface area contributed by atoms with E-state index in [1.54, 1.807) is 0 Å². The normalized spacial score (nSPS) is 23.6. The molecule has 0 bridgehead atoms. The van der Waals surface area contributed by atoms with Gasteiger partial charge >= 0.3 is 0 Å². The number of allylic oxidation sites excluding steroid dienone is 2. The van der Waals surface area contributed by atoms with Gasteiger partial charge in [0, 0.05) is 46.3 Å². The molecule has 0 saturated heterocycles. The molecule has 1 aliphatic heterocycles. The Kier molecular flexibility index (Phi) is 4.63. The van der Waals surface area contributed by atoms with Gasteiger partial charge in [-0.05, 0) is 76.8 Å².